The van der Waals surface area contributed by atoms with Crippen molar-refractivity contribution in [3.63, 3.8) is 0 Å². The van der Waals surface area contributed by atoms with Crippen molar-refractivity contribution in [3.8, 4) is 0 Å². The molecule has 0 saturated heterocycles. The van der Waals surface area contributed by atoms with E-state index in [4.69, 9.17) is 5.73 Å². The Hall–Kier alpha value is -2.30. The van der Waals surface area contributed by atoms with Crippen molar-refractivity contribution in [2.45, 2.75) is 38.6 Å². The van der Waals surface area contributed by atoms with E-state index in [0.29, 0.717) is 12.8 Å². The molecule has 0 bridgehead atoms. The minimum atomic E-state index is -0.608. The van der Waals surface area contributed by atoms with Crippen molar-refractivity contribution < 1.29 is 9.59 Å². The fourth-order valence-corrected chi connectivity index (χ4v) is 2.51. The second-order valence-corrected chi connectivity index (χ2v) is 5.93. The fourth-order valence-electron chi connectivity index (χ4n) is 2.51. The van der Waals surface area contributed by atoms with E-state index < -0.39 is 11.4 Å². The van der Waals surface area contributed by atoms with E-state index in [-0.39, 0.29) is 12.3 Å². The maximum atomic E-state index is 12.0. The van der Waals surface area contributed by atoms with E-state index >= 15 is 0 Å². The van der Waals surface area contributed by atoms with Crippen LogP contribution in [0.3, 0.4) is 0 Å². The highest BCUT2D eigenvalue weighted by Crippen LogP contribution is 2.19. The number of aromatic nitrogens is 1. The number of aryl methyl sites for hydroxylation is 1. The van der Waals surface area contributed by atoms with Gasteiger partial charge in [0, 0.05) is 35.5 Å². The second-order valence-electron chi connectivity index (χ2n) is 5.93. The molecule has 5 nitrogen and oxygen atoms in total. The molecule has 0 atom stereocenters. The van der Waals surface area contributed by atoms with Crippen LogP contribution in [0.1, 0.15) is 32.3 Å². The third kappa shape index (κ3) is 4.08. The fraction of sp³-hybridized carbons (Fsp3) is 0.375. The summed E-state index contributed by atoms with van der Waals surface area (Å²) in [7, 11) is 0. The zero-order valence-electron chi connectivity index (χ0n) is 12.4. The molecule has 2 aromatic rings. The number of primary amides is 1. The van der Waals surface area contributed by atoms with Crippen LogP contribution in [0.4, 0.5) is 0 Å². The lowest BCUT2D eigenvalue weighted by Gasteiger charge is -2.24. The molecule has 2 rings (SSSR count). The van der Waals surface area contributed by atoms with Gasteiger partial charge in [-0.15, -0.1) is 0 Å². The zero-order valence-corrected chi connectivity index (χ0v) is 12.4. The van der Waals surface area contributed by atoms with Crippen LogP contribution >= 0.6 is 0 Å². The first-order valence-electron chi connectivity index (χ1n) is 7.02. The summed E-state index contributed by atoms with van der Waals surface area (Å²) in [5, 5.41) is 3.99. The van der Waals surface area contributed by atoms with Crippen molar-refractivity contribution in [1.82, 2.24) is 10.3 Å². The summed E-state index contributed by atoms with van der Waals surface area (Å²) < 4.78 is 0. The van der Waals surface area contributed by atoms with Gasteiger partial charge >= 0.3 is 0 Å². The molecule has 0 aliphatic rings. The van der Waals surface area contributed by atoms with Gasteiger partial charge in [0.2, 0.25) is 11.8 Å². The summed E-state index contributed by atoms with van der Waals surface area (Å²) in [6.45, 7) is 3.59. The summed E-state index contributed by atoms with van der Waals surface area (Å²) in [5.41, 5.74) is 6.76. The van der Waals surface area contributed by atoms with Gasteiger partial charge in [-0.25, -0.2) is 0 Å². The number of fused-ring (bicyclic) bond motifs is 1. The smallest absolute Gasteiger partial charge is 0.220 e. The quantitative estimate of drug-likeness (QED) is 0.757. The molecule has 21 heavy (non-hydrogen) atoms. The number of para-hydroxylation sites is 1. The van der Waals surface area contributed by atoms with Gasteiger partial charge in [-0.05, 0) is 31.9 Å². The number of rotatable bonds is 6. The zero-order chi connectivity index (χ0) is 15.5. The molecule has 1 heterocycles. The van der Waals surface area contributed by atoms with Crippen LogP contribution in [0.15, 0.2) is 30.5 Å². The molecular weight excluding hydrogens is 266 g/mol. The van der Waals surface area contributed by atoms with Gasteiger partial charge in [0.15, 0.2) is 0 Å². The number of carbonyl (C=O) groups is 2. The lowest BCUT2D eigenvalue weighted by molar-refractivity contribution is -0.123. The Kier molecular flexibility index (Phi) is 4.31. The highest BCUT2D eigenvalue weighted by atomic mass is 16.2. The highest BCUT2D eigenvalue weighted by Gasteiger charge is 2.22. The molecule has 4 N–H and O–H groups in total. The Morgan fingerprint density at radius 3 is 2.71 bits per heavy atom. The number of hydrogen-bond acceptors (Lipinski definition) is 2. The summed E-state index contributed by atoms with van der Waals surface area (Å²) in [4.78, 5) is 26.1. The molecule has 112 valence electrons. The summed E-state index contributed by atoms with van der Waals surface area (Å²) in [5.74, 6) is -0.497. The monoisotopic (exact) mass is 287 g/mol. The van der Waals surface area contributed by atoms with E-state index in [1.165, 1.54) is 0 Å². The molecule has 2 amide bonds. The first-order chi connectivity index (χ1) is 9.87. The minimum absolute atomic E-state index is 0.0773. The number of aromatic amines is 1. The van der Waals surface area contributed by atoms with Crippen LogP contribution in [-0.4, -0.2) is 22.3 Å². The number of nitrogens with one attached hydrogen (secondary N) is 2. The van der Waals surface area contributed by atoms with Crippen LogP contribution in [0, 0.1) is 0 Å². The third-order valence-corrected chi connectivity index (χ3v) is 3.39. The van der Waals surface area contributed by atoms with Gasteiger partial charge in [-0.1, -0.05) is 18.2 Å². The van der Waals surface area contributed by atoms with Crippen LogP contribution < -0.4 is 11.1 Å². The summed E-state index contributed by atoms with van der Waals surface area (Å²) in [6.07, 6.45) is 3.10. The Morgan fingerprint density at radius 2 is 2.00 bits per heavy atom. The Balaban J connectivity index is 1.94. The summed E-state index contributed by atoms with van der Waals surface area (Å²) in [6, 6.07) is 8.00. The molecule has 0 saturated carbocycles. The van der Waals surface area contributed by atoms with Crippen molar-refractivity contribution >= 4 is 22.7 Å². The number of H-pyrrole nitrogens is 1. The lowest BCUT2D eigenvalue weighted by atomic mass is 9.99. The van der Waals surface area contributed by atoms with Gasteiger partial charge in [0.1, 0.15) is 0 Å². The maximum absolute atomic E-state index is 12.0. The predicted octanol–water partition coefficient (Wildman–Crippen LogP) is 1.87. The minimum Gasteiger partial charge on any atom is -0.370 e. The molecule has 1 aromatic carbocycles. The molecule has 0 aliphatic carbocycles. The molecular formula is C16H21N3O2. The molecule has 0 fully saturated rings. The normalized spacial score (nSPS) is 11.5. The lowest BCUT2D eigenvalue weighted by Crippen LogP contribution is -2.46. The standard InChI is InChI=1S/C16H21N3O2/c1-16(2,9-14(17)20)19-15(21)8-7-11-10-18-13-6-4-3-5-12(11)13/h3-6,10,18H,7-9H2,1-2H3,(H2,17,20)(H,19,21). The number of hydrogen-bond donors (Lipinski definition) is 3. The summed E-state index contributed by atoms with van der Waals surface area (Å²) >= 11 is 0. The largest absolute Gasteiger partial charge is 0.370 e. The van der Waals surface area contributed by atoms with Crippen LogP contribution in [0.2, 0.25) is 0 Å². The Morgan fingerprint density at radius 1 is 1.29 bits per heavy atom. The second kappa shape index (κ2) is 5.99. The van der Waals surface area contributed by atoms with E-state index in [9.17, 15) is 9.59 Å². The van der Waals surface area contributed by atoms with Gasteiger partial charge in [0.25, 0.3) is 0 Å². The molecule has 0 spiro atoms. The highest BCUT2D eigenvalue weighted by molar-refractivity contribution is 5.84. The van der Waals surface area contributed by atoms with Gasteiger partial charge in [-0.2, -0.15) is 0 Å². The number of amides is 2. The van der Waals surface area contributed by atoms with Gasteiger partial charge < -0.3 is 16.0 Å². The SMILES string of the molecule is CC(C)(CC(N)=O)NC(=O)CCc1c[nH]c2ccccc12. The molecule has 0 unspecified atom stereocenters. The van der Waals surface area contributed by atoms with Crippen molar-refractivity contribution in [2.24, 2.45) is 5.73 Å². The van der Waals surface area contributed by atoms with Crippen molar-refractivity contribution in [2.75, 3.05) is 0 Å². The van der Waals surface area contributed by atoms with E-state index in [0.717, 1.165) is 16.5 Å². The average molecular weight is 287 g/mol. The molecule has 0 radical (unpaired) electrons. The van der Waals surface area contributed by atoms with Crippen molar-refractivity contribution in [1.29, 1.82) is 0 Å². The van der Waals surface area contributed by atoms with E-state index in [1.54, 1.807) is 13.8 Å². The average Bonchev–Trinajstić information content (AvgIpc) is 2.77. The number of nitrogens with two attached hydrogens (primary N) is 1. The molecule has 1 aromatic heterocycles. The molecule has 0 aliphatic heterocycles. The first kappa shape index (κ1) is 15.1. The number of benzene rings is 1. The first-order valence-corrected chi connectivity index (χ1v) is 7.02. The van der Waals surface area contributed by atoms with Crippen LogP contribution in [0.5, 0.6) is 0 Å². The Labute approximate surface area is 123 Å². The predicted molar refractivity (Wildman–Crippen MR) is 82.7 cm³/mol. The molecule has 5 heteroatoms. The topological polar surface area (TPSA) is 88.0 Å². The van der Waals surface area contributed by atoms with E-state index in [2.05, 4.69) is 10.3 Å². The maximum Gasteiger partial charge on any atom is 0.220 e. The number of carbonyl (C=O) groups excluding carboxylic acids is 2. The van der Waals surface area contributed by atoms with Gasteiger partial charge in [-0.3, -0.25) is 9.59 Å². The third-order valence-electron chi connectivity index (χ3n) is 3.39. The van der Waals surface area contributed by atoms with Gasteiger partial charge in [0.05, 0.1) is 0 Å². The van der Waals surface area contributed by atoms with Crippen LogP contribution in [-0.2, 0) is 16.0 Å². The van der Waals surface area contributed by atoms with Crippen molar-refractivity contribution in [3.05, 3.63) is 36.0 Å². The van der Waals surface area contributed by atoms with E-state index in [1.807, 2.05) is 30.5 Å². The Bertz CT molecular complexity index is 658. The van der Waals surface area contributed by atoms with Crippen LogP contribution in [0.25, 0.3) is 10.9 Å².